The van der Waals surface area contributed by atoms with Gasteiger partial charge in [-0.25, -0.2) is 4.79 Å². The van der Waals surface area contributed by atoms with Crippen molar-refractivity contribution in [3.63, 3.8) is 0 Å². The molecule has 0 aliphatic rings. The molecule has 0 radical (unpaired) electrons. The molecule has 0 saturated heterocycles. The van der Waals surface area contributed by atoms with E-state index in [-0.39, 0.29) is 24.1 Å². The van der Waals surface area contributed by atoms with Crippen molar-refractivity contribution in [2.45, 2.75) is 12.5 Å². The fraction of sp³-hybridized carbons (Fsp3) is 0.211. The van der Waals surface area contributed by atoms with Crippen LogP contribution in [0.4, 0.5) is 0 Å². The van der Waals surface area contributed by atoms with Crippen LogP contribution >= 0.6 is 0 Å². The predicted molar refractivity (Wildman–Crippen MR) is 99.8 cm³/mol. The normalized spacial score (nSPS) is 11.3. The number of amides is 2. The summed E-state index contributed by atoms with van der Waals surface area (Å²) in [5, 5.41) is 43.2. The molecular formula is C19H20N2O8. The van der Waals surface area contributed by atoms with Gasteiger partial charge in [0, 0.05) is 6.54 Å². The molecule has 0 saturated carbocycles. The van der Waals surface area contributed by atoms with Gasteiger partial charge in [-0.2, -0.15) is 0 Å². The highest BCUT2D eigenvalue weighted by Gasteiger charge is 2.24. The summed E-state index contributed by atoms with van der Waals surface area (Å²) in [6, 6.07) is 6.52. The summed E-state index contributed by atoms with van der Waals surface area (Å²) >= 11 is 0. The first kappa shape index (κ1) is 21.4. The van der Waals surface area contributed by atoms with Gasteiger partial charge in [-0.05, 0) is 30.7 Å². The first-order valence-corrected chi connectivity index (χ1v) is 8.45. The van der Waals surface area contributed by atoms with Crippen LogP contribution in [0.3, 0.4) is 0 Å². The van der Waals surface area contributed by atoms with E-state index >= 15 is 0 Å². The zero-order valence-electron chi connectivity index (χ0n) is 15.4. The van der Waals surface area contributed by atoms with Crippen molar-refractivity contribution in [2.75, 3.05) is 13.7 Å². The number of esters is 1. The maximum Gasteiger partial charge on any atom is 0.328 e. The van der Waals surface area contributed by atoms with Crippen LogP contribution in [-0.2, 0) is 9.53 Å². The lowest BCUT2D eigenvalue weighted by Crippen LogP contribution is -2.43. The van der Waals surface area contributed by atoms with Gasteiger partial charge in [-0.15, -0.1) is 0 Å². The number of phenols is 4. The maximum atomic E-state index is 12.3. The molecule has 10 nitrogen and oxygen atoms in total. The van der Waals surface area contributed by atoms with Gasteiger partial charge in [-0.1, -0.05) is 12.1 Å². The number of nitrogens with one attached hydrogen (secondary N) is 2. The minimum atomic E-state index is -1.16. The van der Waals surface area contributed by atoms with E-state index in [9.17, 15) is 34.8 Å². The van der Waals surface area contributed by atoms with Crippen LogP contribution in [0.2, 0.25) is 0 Å². The number of rotatable bonds is 7. The summed E-state index contributed by atoms with van der Waals surface area (Å²) < 4.78 is 4.63. The van der Waals surface area contributed by atoms with Crippen molar-refractivity contribution in [3.8, 4) is 23.0 Å². The third-order valence-electron chi connectivity index (χ3n) is 4.03. The summed E-state index contributed by atoms with van der Waals surface area (Å²) in [4.78, 5) is 36.4. The summed E-state index contributed by atoms with van der Waals surface area (Å²) in [6.45, 7) is -0.0833. The molecule has 1 atom stereocenters. The van der Waals surface area contributed by atoms with Gasteiger partial charge in [0.05, 0.1) is 18.2 Å². The van der Waals surface area contributed by atoms with Crippen molar-refractivity contribution >= 4 is 17.8 Å². The first-order valence-electron chi connectivity index (χ1n) is 8.45. The lowest BCUT2D eigenvalue weighted by atomic mass is 10.1. The van der Waals surface area contributed by atoms with E-state index in [1.807, 2.05) is 0 Å². The number of phenolic OH excluding ortho intramolecular Hbond substituents is 4. The van der Waals surface area contributed by atoms with Crippen molar-refractivity contribution in [1.29, 1.82) is 0 Å². The highest BCUT2D eigenvalue weighted by atomic mass is 16.5. The molecule has 0 aliphatic carbocycles. The number of para-hydroxylation sites is 2. The Kier molecular flexibility index (Phi) is 6.85. The molecule has 29 heavy (non-hydrogen) atoms. The molecule has 0 aromatic heterocycles. The Hall–Kier alpha value is -3.95. The number of benzene rings is 2. The molecule has 10 heteroatoms. The largest absolute Gasteiger partial charge is 0.504 e. The SMILES string of the molecule is COC(=O)[C@H](CCNC(=O)c1cccc(O)c1O)NC(=O)c1cccc(O)c1O. The molecule has 0 fully saturated rings. The smallest absolute Gasteiger partial charge is 0.328 e. The molecule has 154 valence electrons. The van der Waals surface area contributed by atoms with Gasteiger partial charge >= 0.3 is 5.97 Å². The lowest BCUT2D eigenvalue weighted by molar-refractivity contribution is -0.143. The zero-order valence-corrected chi connectivity index (χ0v) is 15.4. The first-order chi connectivity index (χ1) is 13.8. The fourth-order valence-corrected chi connectivity index (χ4v) is 2.48. The molecule has 2 rings (SSSR count). The average Bonchev–Trinajstić information content (AvgIpc) is 2.70. The van der Waals surface area contributed by atoms with Gasteiger partial charge in [0.15, 0.2) is 23.0 Å². The van der Waals surface area contributed by atoms with Gasteiger partial charge < -0.3 is 35.8 Å². The molecule has 0 spiro atoms. The van der Waals surface area contributed by atoms with Crippen LogP contribution in [0.1, 0.15) is 27.1 Å². The number of carbonyl (C=O) groups is 3. The number of aromatic hydroxyl groups is 4. The number of ether oxygens (including phenoxy) is 1. The minimum Gasteiger partial charge on any atom is -0.504 e. The summed E-state index contributed by atoms with van der Waals surface area (Å²) in [5.74, 6) is -4.48. The van der Waals surface area contributed by atoms with E-state index in [2.05, 4.69) is 15.4 Å². The third kappa shape index (κ3) is 5.06. The molecule has 0 heterocycles. The van der Waals surface area contributed by atoms with Crippen molar-refractivity contribution in [2.24, 2.45) is 0 Å². The number of methoxy groups -OCH3 is 1. The molecule has 2 amide bonds. The molecule has 0 bridgehead atoms. The van der Waals surface area contributed by atoms with Crippen LogP contribution in [0.5, 0.6) is 23.0 Å². The Morgan fingerprint density at radius 2 is 1.41 bits per heavy atom. The van der Waals surface area contributed by atoms with Crippen molar-refractivity contribution < 1.29 is 39.5 Å². The molecule has 2 aromatic rings. The monoisotopic (exact) mass is 404 g/mol. The zero-order chi connectivity index (χ0) is 21.6. The van der Waals surface area contributed by atoms with Gasteiger partial charge in [0.2, 0.25) is 0 Å². The Balaban J connectivity index is 2.03. The summed E-state index contributed by atoms with van der Waals surface area (Å²) in [5.41, 5.74) is -0.402. The van der Waals surface area contributed by atoms with Crippen molar-refractivity contribution in [3.05, 3.63) is 47.5 Å². The Labute approximate surface area is 165 Å². The Morgan fingerprint density at radius 3 is 1.93 bits per heavy atom. The van der Waals surface area contributed by atoms with E-state index in [4.69, 9.17) is 0 Å². The van der Waals surface area contributed by atoms with E-state index in [0.717, 1.165) is 7.11 Å². The van der Waals surface area contributed by atoms with E-state index in [1.165, 1.54) is 36.4 Å². The fourth-order valence-electron chi connectivity index (χ4n) is 2.48. The van der Waals surface area contributed by atoms with E-state index in [0.29, 0.717) is 0 Å². The average molecular weight is 404 g/mol. The van der Waals surface area contributed by atoms with Crippen LogP contribution in [-0.4, -0.2) is 57.9 Å². The highest BCUT2D eigenvalue weighted by Crippen LogP contribution is 2.29. The van der Waals surface area contributed by atoms with E-state index < -0.39 is 46.8 Å². The third-order valence-corrected chi connectivity index (χ3v) is 4.03. The van der Waals surface area contributed by atoms with Crippen LogP contribution in [0, 0.1) is 0 Å². The second kappa shape index (κ2) is 9.31. The Bertz CT molecular complexity index is 928. The number of hydrogen-bond donors (Lipinski definition) is 6. The predicted octanol–water partition coefficient (Wildman–Crippen LogP) is 0.600. The molecule has 0 unspecified atom stereocenters. The second-order valence-corrected chi connectivity index (χ2v) is 5.94. The Morgan fingerprint density at radius 1 is 0.897 bits per heavy atom. The second-order valence-electron chi connectivity index (χ2n) is 5.94. The van der Waals surface area contributed by atoms with Crippen molar-refractivity contribution in [1.82, 2.24) is 10.6 Å². The van der Waals surface area contributed by atoms with E-state index in [1.54, 1.807) is 0 Å². The number of carbonyl (C=O) groups excluding carboxylic acids is 3. The highest BCUT2D eigenvalue weighted by molar-refractivity contribution is 6.00. The van der Waals surface area contributed by atoms with Crippen LogP contribution in [0.25, 0.3) is 0 Å². The molecule has 2 aromatic carbocycles. The molecular weight excluding hydrogens is 384 g/mol. The number of hydrogen-bond acceptors (Lipinski definition) is 8. The topological polar surface area (TPSA) is 165 Å². The van der Waals surface area contributed by atoms with Gasteiger partial charge in [0.1, 0.15) is 6.04 Å². The maximum absolute atomic E-state index is 12.3. The van der Waals surface area contributed by atoms with Gasteiger partial charge in [0.25, 0.3) is 11.8 Å². The molecule has 0 aliphatic heterocycles. The minimum absolute atomic E-state index is 0.0662. The van der Waals surface area contributed by atoms with Crippen LogP contribution in [0.15, 0.2) is 36.4 Å². The van der Waals surface area contributed by atoms with Gasteiger partial charge in [-0.3, -0.25) is 9.59 Å². The molecule has 6 N–H and O–H groups in total. The quantitative estimate of drug-likeness (QED) is 0.288. The lowest BCUT2D eigenvalue weighted by Gasteiger charge is -2.17. The standard InChI is InChI=1S/C19H20N2O8/c1-29-19(28)12(21-18(27)11-5-3-7-14(23)16(11)25)8-9-20-17(26)10-4-2-6-13(22)15(10)24/h2-7,12,22-25H,8-9H2,1H3,(H,20,26)(H,21,27)/t12-/m0/s1. The van der Waals surface area contributed by atoms with Crippen LogP contribution < -0.4 is 10.6 Å². The summed E-state index contributed by atoms with van der Waals surface area (Å²) in [7, 11) is 1.12. The summed E-state index contributed by atoms with van der Waals surface area (Å²) in [6.07, 6.45) is -0.0662.